The Kier molecular flexibility index (Phi) is 7.86. The topological polar surface area (TPSA) is 111 Å². The lowest BCUT2D eigenvalue weighted by molar-refractivity contribution is 0.158. The van der Waals surface area contributed by atoms with Gasteiger partial charge in [-0.2, -0.15) is 13.1 Å². The van der Waals surface area contributed by atoms with E-state index >= 15 is 0 Å². The summed E-state index contributed by atoms with van der Waals surface area (Å²) in [5.74, 6) is 0. The molecule has 0 heterocycles. The van der Waals surface area contributed by atoms with Crippen LogP contribution in [-0.2, 0) is 14.9 Å². The van der Waals surface area contributed by atoms with E-state index < -0.39 is 16.3 Å². The first-order valence-electron chi connectivity index (χ1n) is 5.16. The zero-order valence-corrected chi connectivity index (χ0v) is 10.2. The summed E-state index contributed by atoms with van der Waals surface area (Å²) in [6.07, 6.45) is 1.41. The SMILES string of the molecule is CCOC(=O)NS(=O)(=O)NCCCCCN. The Balaban J connectivity index is 3.74. The number of hydrogen-bond acceptors (Lipinski definition) is 5. The monoisotopic (exact) mass is 253 g/mol. The van der Waals surface area contributed by atoms with Gasteiger partial charge < -0.3 is 10.5 Å². The fourth-order valence-corrected chi connectivity index (χ4v) is 1.72. The van der Waals surface area contributed by atoms with Crippen molar-refractivity contribution in [1.29, 1.82) is 0 Å². The van der Waals surface area contributed by atoms with E-state index in [0.717, 1.165) is 12.8 Å². The summed E-state index contributed by atoms with van der Waals surface area (Å²) in [7, 11) is -3.80. The lowest BCUT2D eigenvalue weighted by Crippen LogP contribution is -2.40. The molecule has 0 aliphatic heterocycles. The smallest absolute Gasteiger partial charge is 0.421 e. The third-order valence-electron chi connectivity index (χ3n) is 1.67. The molecule has 7 nitrogen and oxygen atoms in total. The number of unbranched alkanes of at least 4 members (excludes halogenated alkanes) is 2. The van der Waals surface area contributed by atoms with Crippen LogP contribution in [0.3, 0.4) is 0 Å². The normalized spacial score (nSPS) is 11.1. The Hall–Kier alpha value is -0.860. The molecule has 16 heavy (non-hydrogen) atoms. The van der Waals surface area contributed by atoms with E-state index in [1.54, 1.807) is 11.6 Å². The first-order valence-corrected chi connectivity index (χ1v) is 6.64. The van der Waals surface area contributed by atoms with Crippen LogP contribution in [-0.4, -0.2) is 34.2 Å². The molecule has 0 bridgehead atoms. The molecule has 0 rings (SSSR count). The fourth-order valence-electron chi connectivity index (χ4n) is 0.959. The molecule has 0 saturated carbocycles. The highest BCUT2D eigenvalue weighted by molar-refractivity contribution is 7.88. The molecule has 4 N–H and O–H groups in total. The molecule has 96 valence electrons. The molecule has 0 aromatic carbocycles. The predicted octanol–water partition coefficient (Wildman–Crippen LogP) is -0.304. The number of rotatable bonds is 8. The van der Waals surface area contributed by atoms with Crippen molar-refractivity contribution in [3.05, 3.63) is 0 Å². The lowest BCUT2D eigenvalue weighted by atomic mass is 10.2. The van der Waals surface area contributed by atoms with Crippen LogP contribution < -0.4 is 15.2 Å². The minimum absolute atomic E-state index is 0.123. The predicted molar refractivity (Wildman–Crippen MR) is 60.0 cm³/mol. The summed E-state index contributed by atoms with van der Waals surface area (Å²) >= 11 is 0. The van der Waals surface area contributed by atoms with E-state index in [1.807, 2.05) is 0 Å². The Morgan fingerprint density at radius 1 is 1.31 bits per heavy atom. The number of nitrogens with one attached hydrogen (secondary N) is 2. The van der Waals surface area contributed by atoms with Crippen molar-refractivity contribution in [2.75, 3.05) is 19.7 Å². The van der Waals surface area contributed by atoms with Crippen molar-refractivity contribution in [1.82, 2.24) is 9.44 Å². The Bertz CT molecular complexity index is 292. The van der Waals surface area contributed by atoms with E-state index in [-0.39, 0.29) is 13.2 Å². The molecule has 0 unspecified atom stereocenters. The van der Waals surface area contributed by atoms with Gasteiger partial charge in [-0.25, -0.2) is 9.52 Å². The first kappa shape index (κ1) is 15.1. The highest BCUT2D eigenvalue weighted by Gasteiger charge is 2.13. The molecular formula is C8H19N3O4S. The largest absolute Gasteiger partial charge is 0.449 e. The first-order chi connectivity index (χ1) is 7.52. The Labute approximate surface area is 95.9 Å². The van der Waals surface area contributed by atoms with Gasteiger partial charge in [-0.05, 0) is 26.3 Å². The Morgan fingerprint density at radius 2 is 2.00 bits per heavy atom. The summed E-state index contributed by atoms with van der Waals surface area (Å²) < 4.78 is 30.8. The quantitative estimate of drug-likeness (QED) is 0.514. The third kappa shape index (κ3) is 8.45. The van der Waals surface area contributed by atoms with E-state index in [2.05, 4.69) is 9.46 Å². The van der Waals surface area contributed by atoms with Gasteiger partial charge in [-0.1, -0.05) is 6.42 Å². The molecule has 0 radical (unpaired) electrons. The summed E-state index contributed by atoms with van der Waals surface area (Å²) in [6, 6.07) is 0. The van der Waals surface area contributed by atoms with Gasteiger partial charge in [0.25, 0.3) is 0 Å². The van der Waals surface area contributed by atoms with Crippen molar-refractivity contribution in [3.63, 3.8) is 0 Å². The molecule has 0 aliphatic carbocycles. The van der Waals surface area contributed by atoms with Gasteiger partial charge in [0.2, 0.25) is 0 Å². The summed E-state index contributed by atoms with van der Waals surface area (Å²) in [4.78, 5) is 10.8. The van der Waals surface area contributed by atoms with Gasteiger partial charge in [-0.3, -0.25) is 0 Å². The number of carbonyl (C=O) groups is 1. The maximum absolute atomic E-state index is 11.2. The van der Waals surface area contributed by atoms with Crippen molar-refractivity contribution >= 4 is 16.3 Å². The molecule has 8 heteroatoms. The van der Waals surface area contributed by atoms with Crippen LogP contribution in [0.15, 0.2) is 0 Å². The third-order valence-corrected chi connectivity index (χ3v) is 2.69. The molecule has 0 aromatic rings. The van der Waals surface area contributed by atoms with E-state index in [1.165, 1.54) is 0 Å². The van der Waals surface area contributed by atoms with Crippen LogP contribution in [0.2, 0.25) is 0 Å². The van der Waals surface area contributed by atoms with Gasteiger partial charge in [0.15, 0.2) is 0 Å². The summed E-state index contributed by atoms with van der Waals surface area (Å²) in [5.41, 5.74) is 5.28. The van der Waals surface area contributed by atoms with Gasteiger partial charge >= 0.3 is 16.3 Å². The molecule has 1 amide bonds. The highest BCUT2D eigenvalue weighted by atomic mass is 32.2. The average molecular weight is 253 g/mol. The molecule has 0 aromatic heterocycles. The van der Waals surface area contributed by atoms with E-state index in [9.17, 15) is 13.2 Å². The molecular weight excluding hydrogens is 234 g/mol. The minimum atomic E-state index is -3.80. The lowest BCUT2D eigenvalue weighted by Gasteiger charge is -2.07. The molecule has 0 saturated heterocycles. The molecule has 0 aliphatic rings. The Morgan fingerprint density at radius 3 is 2.56 bits per heavy atom. The zero-order valence-electron chi connectivity index (χ0n) is 9.36. The molecule has 0 spiro atoms. The van der Waals surface area contributed by atoms with Crippen molar-refractivity contribution in [3.8, 4) is 0 Å². The number of carbonyl (C=O) groups excluding carboxylic acids is 1. The average Bonchev–Trinajstić information content (AvgIpc) is 2.16. The summed E-state index contributed by atoms with van der Waals surface area (Å²) in [6.45, 7) is 2.58. The maximum Gasteiger partial charge on any atom is 0.421 e. The fraction of sp³-hybridized carbons (Fsp3) is 0.875. The number of nitrogens with two attached hydrogens (primary N) is 1. The van der Waals surface area contributed by atoms with Crippen LogP contribution in [0.4, 0.5) is 4.79 Å². The second-order valence-electron chi connectivity index (χ2n) is 3.07. The molecule has 0 atom stereocenters. The summed E-state index contributed by atoms with van der Waals surface area (Å²) in [5, 5.41) is 0. The van der Waals surface area contributed by atoms with Crippen LogP contribution in [0.5, 0.6) is 0 Å². The van der Waals surface area contributed by atoms with E-state index in [0.29, 0.717) is 13.0 Å². The number of amides is 1. The zero-order chi connectivity index (χ0) is 12.4. The highest BCUT2D eigenvalue weighted by Crippen LogP contribution is 1.92. The van der Waals surface area contributed by atoms with Gasteiger partial charge in [0, 0.05) is 6.54 Å². The van der Waals surface area contributed by atoms with Crippen molar-refractivity contribution in [2.24, 2.45) is 5.73 Å². The van der Waals surface area contributed by atoms with E-state index in [4.69, 9.17) is 5.73 Å². The molecule has 0 fully saturated rings. The van der Waals surface area contributed by atoms with Crippen LogP contribution in [0.1, 0.15) is 26.2 Å². The van der Waals surface area contributed by atoms with Gasteiger partial charge in [0.1, 0.15) is 0 Å². The maximum atomic E-state index is 11.2. The second-order valence-corrected chi connectivity index (χ2v) is 4.57. The van der Waals surface area contributed by atoms with Crippen molar-refractivity contribution < 1.29 is 17.9 Å². The number of ether oxygens (including phenoxy) is 1. The van der Waals surface area contributed by atoms with Gasteiger partial charge in [-0.15, -0.1) is 0 Å². The van der Waals surface area contributed by atoms with Crippen molar-refractivity contribution in [2.45, 2.75) is 26.2 Å². The van der Waals surface area contributed by atoms with Crippen LogP contribution in [0, 0.1) is 0 Å². The van der Waals surface area contributed by atoms with Gasteiger partial charge in [0.05, 0.1) is 6.61 Å². The van der Waals surface area contributed by atoms with Crippen LogP contribution in [0.25, 0.3) is 0 Å². The standard InChI is InChI=1S/C8H19N3O4S/c1-2-15-8(12)11-16(13,14)10-7-5-3-4-6-9/h10H,2-7,9H2,1H3,(H,11,12). The minimum Gasteiger partial charge on any atom is -0.449 e. The second kappa shape index (κ2) is 8.31. The van der Waals surface area contributed by atoms with Crippen LogP contribution >= 0.6 is 0 Å². The number of hydrogen-bond donors (Lipinski definition) is 3.